The fourth-order valence-electron chi connectivity index (χ4n) is 7.62. The zero-order valence-electron chi connectivity index (χ0n) is 36.9. The molecule has 0 spiro atoms. The second-order valence-corrected chi connectivity index (χ2v) is 16.9. The average Bonchev–Trinajstić information content (AvgIpc) is 3.17. The van der Waals surface area contributed by atoms with Gasteiger partial charge >= 0.3 is 5.97 Å². The van der Waals surface area contributed by atoms with Crippen molar-refractivity contribution in [1.82, 2.24) is 0 Å². The molecule has 320 valence electrons. The molecule has 0 bridgehead atoms. The highest BCUT2D eigenvalue weighted by Crippen LogP contribution is 2.19. The van der Waals surface area contributed by atoms with Crippen molar-refractivity contribution in [3.05, 3.63) is 24.3 Å². The Morgan fingerprint density at radius 3 is 1.00 bits per heavy atom. The molecule has 0 aliphatic rings. The largest absolute Gasteiger partial charge is 0.461 e. The van der Waals surface area contributed by atoms with E-state index in [9.17, 15) is 4.79 Å². The van der Waals surface area contributed by atoms with Crippen LogP contribution in [0.3, 0.4) is 0 Å². The number of allylic oxidation sites excluding steroid dienone is 4. The Morgan fingerprint density at radius 1 is 0.407 bits per heavy atom. The molecule has 1 unspecified atom stereocenters. The maximum atomic E-state index is 12.8. The van der Waals surface area contributed by atoms with Crippen molar-refractivity contribution < 1.29 is 9.53 Å². The molecule has 4 N–H and O–H groups in total. The van der Waals surface area contributed by atoms with Crippen molar-refractivity contribution in [1.29, 1.82) is 0 Å². The lowest BCUT2D eigenvalue weighted by atomic mass is 10.0. The number of unbranched alkanes of at least 4 members (excludes halogenated alkanes) is 32. The smallest absolute Gasteiger partial charge is 0.323 e. The summed E-state index contributed by atoms with van der Waals surface area (Å²) < 4.78 is 6.02. The van der Waals surface area contributed by atoms with Gasteiger partial charge in [-0.1, -0.05) is 205 Å². The van der Waals surface area contributed by atoms with Gasteiger partial charge in [-0.3, -0.25) is 4.79 Å². The standard InChI is InChI=1S/C50H98N2O2/c1-3-5-7-9-11-13-15-17-19-21-23-25-27-29-31-33-35-37-39-41-45-48(54-50(53)49(52)46-42-43-47-51)44-40-38-36-34-32-30-28-26-24-22-20-18-16-14-12-10-8-6-4-2/h17-20,48-49H,3-16,21-47,51-52H2,1-2H3/b19-17-,20-18-/t48?,49-/m0/s1. The lowest BCUT2D eigenvalue weighted by Crippen LogP contribution is -2.35. The van der Waals surface area contributed by atoms with Crippen LogP contribution in [-0.2, 0) is 9.53 Å². The van der Waals surface area contributed by atoms with Gasteiger partial charge in [0, 0.05) is 0 Å². The molecule has 0 aliphatic heterocycles. The molecule has 0 aromatic rings. The molecule has 0 saturated carbocycles. The van der Waals surface area contributed by atoms with Gasteiger partial charge in [-0.25, -0.2) is 0 Å². The summed E-state index contributed by atoms with van der Waals surface area (Å²) in [4.78, 5) is 12.8. The summed E-state index contributed by atoms with van der Waals surface area (Å²) in [7, 11) is 0. The quantitative estimate of drug-likeness (QED) is 0.0368. The van der Waals surface area contributed by atoms with E-state index in [0.29, 0.717) is 13.0 Å². The molecule has 4 nitrogen and oxygen atoms in total. The molecule has 0 rings (SSSR count). The first-order valence-electron chi connectivity index (χ1n) is 24.6. The van der Waals surface area contributed by atoms with Gasteiger partial charge < -0.3 is 16.2 Å². The van der Waals surface area contributed by atoms with Crippen molar-refractivity contribution in [2.75, 3.05) is 6.54 Å². The SMILES string of the molecule is CCCCCCCC/C=C\CCCCCCCCCCCCC(CCCCCCCCCCC/C=C\CCCCCCCC)OC(=O)[C@@H](N)CCCCN. The summed E-state index contributed by atoms with van der Waals surface area (Å²) in [6, 6.07) is -0.508. The van der Waals surface area contributed by atoms with Crippen molar-refractivity contribution in [3.63, 3.8) is 0 Å². The van der Waals surface area contributed by atoms with Gasteiger partial charge in [0.05, 0.1) is 0 Å². The summed E-state index contributed by atoms with van der Waals surface area (Å²) in [6.07, 6.45) is 61.2. The van der Waals surface area contributed by atoms with Crippen molar-refractivity contribution >= 4 is 5.97 Å². The second kappa shape index (κ2) is 46.3. The monoisotopic (exact) mass is 759 g/mol. The number of rotatable bonds is 45. The zero-order valence-corrected chi connectivity index (χ0v) is 36.9. The van der Waals surface area contributed by atoms with Gasteiger partial charge in [-0.05, 0) is 96.4 Å². The second-order valence-electron chi connectivity index (χ2n) is 16.9. The van der Waals surface area contributed by atoms with Crippen molar-refractivity contribution in [2.45, 2.75) is 283 Å². The molecule has 0 heterocycles. The van der Waals surface area contributed by atoms with Crippen LogP contribution in [-0.4, -0.2) is 24.7 Å². The van der Waals surface area contributed by atoms with E-state index in [0.717, 1.165) is 38.5 Å². The number of hydrogen-bond acceptors (Lipinski definition) is 4. The Balaban J connectivity index is 3.94. The lowest BCUT2D eigenvalue weighted by Gasteiger charge is -2.20. The molecule has 0 aromatic carbocycles. The summed E-state index contributed by atoms with van der Waals surface area (Å²) in [5.74, 6) is -0.200. The zero-order chi connectivity index (χ0) is 39.3. The normalized spacial score (nSPS) is 13.0. The fraction of sp³-hybridized carbons (Fsp3) is 0.900. The molecule has 0 aromatic heterocycles. The van der Waals surface area contributed by atoms with Crippen LogP contribution in [0.5, 0.6) is 0 Å². The third-order valence-corrected chi connectivity index (χ3v) is 11.4. The van der Waals surface area contributed by atoms with Gasteiger partial charge in [-0.15, -0.1) is 0 Å². The predicted octanol–water partition coefficient (Wildman–Crippen LogP) is 15.9. The van der Waals surface area contributed by atoms with E-state index in [1.807, 2.05) is 0 Å². The molecule has 0 saturated heterocycles. The lowest BCUT2D eigenvalue weighted by molar-refractivity contribution is -0.151. The molecule has 0 fully saturated rings. The molecule has 2 atom stereocenters. The van der Waals surface area contributed by atoms with E-state index in [-0.39, 0.29) is 12.1 Å². The Morgan fingerprint density at radius 2 is 0.685 bits per heavy atom. The average molecular weight is 759 g/mol. The minimum atomic E-state index is -0.508. The van der Waals surface area contributed by atoms with Gasteiger partial charge in [0.2, 0.25) is 0 Å². The molecular formula is C50H98N2O2. The first-order chi connectivity index (χ1) is 26.7. The van der Waals surface area contributed by atoms with Crippen LogP contribution in [0.25, 0.3) is 0 Å². The highest BCUT2D eigenvalue weighted by molar-refractivity contribution is 5.75. The number of esters is 1. The van der Waals surface area contributed by atoms with Gasteiger partial charge in [0.25, 0.3) is 0 Å². The summed E-state index contributed by atoms with van der Waals surface area (Å²) in [5.41, 5.74) is 11.8. The minimum absolute atomic E-state index is 0.0308. The van der Waals surface area contributed by atoms with Crippen LogP contribution in [0, 0.1) is 0 Å². The maximum Gasteiger partial charge on any atom is 0.323 e. The molecule has 54 heavy (non-hydrogen) atoms. The van der Waals surface area contributed by atoms with Crippen LogP contribution in [0.2, 0.25) is 0 Å². The number of nitrogens with two attached hydrogens (primary N) is 2. The van der Waals surface area contributed by atoms with E-state index in [4.69, 9.17) is 16.2 Å². The predicted molar refractivity (Wildman–Crippen MR) is 241 cm³/mol. The first-order valence-corrected chi connectivity index (χ1v) is 24.6. The van der Waals surface area contributed by atoms with E-state index in [2.05, 4.69) is 38.2 Å². The summed E-state index contributed by atoms with van der Waals surface area (Å²) in [5, 5.41) is 0. The van der Waals surface area contributed by atoms with Crippen LogP contribution >= 0.6 is 0 Å². The Bertz CT molecular complexity index is 781. The van der Waals surface area contributed by atoms with Crippen LogP contribution in [0.15, 0.2) is 24.3 Å². The van der Waals surface area contributed by atoms with Gasteiger partial charge in [0.15, 0.2) is 0 Å². The highest BCUT2D eigenvalue weighted by atomic mass is 16.5. The molecule has 0 amide bonds. The Kier molecular flexibility index (Phi) is 45.3. The first kappa shape index (κ1) is 52.9. The minimum Gasteiger partial charge on any atom is -0.461 e. The third kappa shape index (κ3) is 42.0. The third-order valence-electron chi connectivity index (χ3n) is 11.4. The number of carbonyl (C=O) groups excluding carboxylic acids is 1. The molecule has 0 aliphatic carbocycles. The summed E-state index contributed by atoms with van der Waals surface area (Å²) >= 11 is 0. The van der Waals surface area contributed by atoms with Crippen molar-refractivity contribution in [2.24, 2.45) is 11.5 Å². The summed E-state index contributed by atoms with van der Waals surface area (Å²) in [6.45, 7) is 5.23. The van der Waals surface area contributed by atoms with Crippen LogP contribution in [0.4, 0.5) is 0 Å². The van der Waals surface area contributed by atoms with Crippen molar-refractivity contribution in [3.8, 4) is 0 Å². The topological polar surface area (TPSA) is 78.3 Å². The van der Waals surface area contributed by atoms with E-state index >= 15 is 0 Å². The number of carbonyl (C=O) groups is 1. The van der Waals surface area contributed by atoms with Crippen LogP contribution in [0.1, 0.15) is 271 Å². The van der Waals surface area contributed by atoms with Gasteiger partial charge in [0.1, 0.15) is 12.1 Å². The van der Waals surface area contributed by atoms with E-state index < -0.39 is 6.04 Å². The molecule has 0 radical (unpaired) electrons. The maximum absolute atomic E-state index is 12.8. The van der Waals surface area contributed by atoms with E-state index in [1.165, 1.54) is 212 Å². The highest BCUT2D eigenvalue weighted by Gasteiger charge is 2.20. The van der Waals surface area contributed by atoms with Crippen LogP contribution < -0.4 is 11.5 Å². The van der Waals surface area contributed by atoms with Gasteiger partial charge in [-0.2, -0.15) is 0 Å². The fourth-order valence-corrected chi connectivity index (χ4v) is 7.62. The Labute approximate surface area is 339 Å². The van der Waals surface area contributed by atoms with E-state index in [1.54, 1.807) is 0 Å². The number of ether oxygens (including phenoxy) is 1. The Hall–Kier alpha value is -1.13. The molecule has 4 heteroatoms. The number of hydrogen-bond donors (Lipinski definition) is 2. The molecular weight excluding hydrogens is 661 g/mol.